The molecule has 1 spiro atoms. The molecule has 1 aromatic rings. The van der Waals surface area contributed by atoms with Crippen LogP contribution >= 0.6 is 0 Å². The molecule has 2 aliphatic carbocycles. The van der Waals surface area contributed by atoms with E-state index < -0.39 is 42.3 Å². The molecule has 5 rings (SSSR count). The first-order valence-electron chi connectivity index (χ1n) is 12.8. The number of amides is 2. The fourth-order valence-electron chi connectivity index (χ4n) is 5.35. The third-order valence-corrected chi connectivity index (χ3v) is 7.88. The Bertz CT molecular complexity index is 1010. The van der Waals surface area contributed by atoms with Crippen molar-refractivity contribution >= 4 is 12.0 Å². The smallest absolute Gasteiger partial charge is 0.351 e. The van der Waals surface area contributed by atoms with Gasteiger partial charge in [-0.1, -0.05) is 30.3 Å². The Labute approximate surface area is 209 Å². The van der Waals surface area contributed by atoms with Crippen molar-refractivity contribution in [2.24, 2.45) is 5.41 Å². The molecular weight excluding hydrogens is 468 g/mol. The lowest BCUT2D eigenvalue weighted by Crippen LogP contribution is -2.61. The molecule has 2 heterocycles. The molecule has 2 saturated carbocycles. The molecule has 36 heavy (non-hydrogen) atoms. The molecular formula is C26H33F2N5O3. The van der Waals surface area contributed by atoms with Crippen LogP contribution in [0.1, 0.15) is 50.5 Å². The van der Waals surface area contributed by atoms with E-state index in [1.165, 1.54) is 12.8 Å². The van der Waals surface area contributed by atoms with Gasteiger partial charge >= 0.3 is 6.09 Å². The summed E-state index contributed by atoms with van der Waals surface area (Å²) in [6.45, 7) is 3.34. The molecule has 0 bridgehead atoms. The maximum atomic E-state index is 14.9. The summed E-state index contributed by atoms with van der Waals surface area (Å²) in [6, 6.07) is 9.51. The van der Waals surface area contributed by atoms with Crippen molar-refractivity contribution in [3.05, 3.63) is 35.9 Å². The zero-order valence-corrected chi connectivity index (χ0v) is 20.3. The van der Waals surface area contributed by atoms with Crippen LogP contribution in [0.4, 0.5) is 13.6 Å². The predicted molar refractivity (Wildman–Crippen MR) is 127 cm³/mol. The van der Waals surface area contributed by atoms with Crippen LogP contribution in [0.2, 0.25) is 0 Å². The number of hydroxylamine groups is 2. The van der Waals surface area contributed by atoms with Gasteiger partial charge in [-0.3, -0.25) is 9.69 Å². The highest BCUT2D eigenvalue weighted by atomic mass is 19.3. The molecule has 4 aliphatic rings. The highest BCUT2D eigenvalue weighted by molar-refractivity contribution is 5.86. The minimum atomic E-state index is -3.25. The Hall–Kier alpha value is -2.77. The second-order valence-corrected chi connectivity index (χ2v) is 11.0. The van der Waals surface area contributed by atoms with E-state index in [0.29, 0.717) is 31.5 Å². The van der Waals surface area contributed by atoms with Gasteiger partial charge in [0.05, 0.1) is 6.07 Å². The van der Waals surface area contributed by atoms with Crippen molar-refractivity contribution in [1.29, 1.82) is 5.26 Å². The standard InChI is InChI=1S/C26H33F2N5O3/c27-26(28,14-19-4-2-1-3-5-19)15-21(22(34)31-25(16-29)8-9-25)30-23(35)36-33-12-10-24(11-13-33)17-32(18-24)20-6-7-20/h1-5,20-21H,6-15,17-18H2,(H,30,35)(H,31,34)/t21-/m0/s1. The molecule has 10 heteroatoms. The van der Waals surface area contributed by atoms with E-state index in [1.54, 1.807) is 35.4 Å². The number of nitriles is 1. The molecule has 1 aromatic carbocycles. The van der Waals surface area contributed by atoms with Gasteiger partial charge in [-0.05, 0) is 49.5 Å². The molecule has 2 saturated heterocycles. The van der Waals surface area contributed by atoms with Crippen LogP contribution in [-0.4, -0.2) is 71.7 Å². The number of hydrogen-bond acceptors (Lipinski definition) is 6. The van der Waals surface area contributed by atoms with Gasteiger partial charge in [0.1, 0.15) is 11.6 Å². The van der Waals surface area contributed by atoms with E-state index in [1.807, 2.05) is 6.07 Å². The maximum Gasteiger partial charge on any atom is 0.426 e. The number of nitrogens with zero attached hydrogens (tertiary/aromatic N) is 3. The van der Waals surface area contributed by atoms with E-state index in [-0.39, 0.29) is 5.41 Å². The number of piperidine rings is 1. The van der Waals surface area contributed by atoms with Gasteiger partial charge < -0.3 is 15.5 Å². The number of carbonyl (C=O) groups is 2. The normalized spacial score (nSPS) is 23.7. The van der Waals surface area contributed by atoms with E-state index >= 15 is 0 Å². The van der Waals surface area contributed by atoms with Crippen LogP contribution in [0.25, 0.3) is 0 Å². The van der Waals surface area contributed by atoms with Gasteiger partial charge in [0.15, 0.2) is 0 Å². The predicted octanol–water partition coefficient (Wildman–Crippen LogP) is 3.00. The van der Waals surface area contributed by atoms with Crippen molar-refractivity contribution in [3.63, 3.8) is 0 Å². The molecule has 8 nitrogen and oxygen atoms in total. The van der Waals surface area contributed by atoms with Crippen LogP contribution in [0.15, 0.2) is 30.3 Å². The summed E-state index contributed by atoms with van der Waals surface area (Å²) in [4.78, 5) is 33.4. The lowest BCUT2D eigenvalue weighted by molar-refractivity contribution is -0.156. The fraction of sp³-hybridized carbons (Fsp3) is 0.654. The van der Waals surface area contributed by atoms with Crippen molar-refractivity contribution in [3.8, 4) is 6.07 Å². The molecule has 2 amide bonds. The molecule has 2 aliphatic heterocycles. The number of rotatable bonds is 9. The Morgan fingerprint density at radius 3 is 2.39 bits per heavy atom. The molecule has 0 aromatic heterocycles. The molecule has 0 radical (unpaired) electrons. The number of likely N-dealkylation sites (tertiary alicyclic amines) is 1. The van der Waals surface area contributed by atoms with E-state index in [9.17, 15) is 23.6 Å². The first-order chi connectivity index (χ1) is 17.2. The highest BCUT2D eigenvalue weighted by Gasteiger charge is 2.50. The summed E-state index contributed by atoms with van der Waals surface area (Å²) in [7, 11) is 0. The minimum Gasteiger partial charge on any atom is -0.351 e. The number of hydrogen-bond donors (Lipinski definition) is 2. The number of alkyl halides is 2. The largest absolute Gasteiger partial charge is 0.426 e. The molecule has 194 valence electrons. The number of benzene rings is 1. The van der Waals surface area contributed by atoms with Gasteiger partial charge in [0.25, 0.3) is 5.92 Å². The van der Waals surface area contributed by atoms with Gasteiger partial charge in [-0.15, -0.1) is 5.06 Å². The van der Waals surface area contributed by atoms with Gasteiger partial charge in [0.2, 0.25) is 5.91 Å². The maximum absolute atomic E-state index is 14.9. The van der Waals surface area contributed by atoms with Gasteiger partial charge in [-0.25, -0.2) is 13.6 Å². The summed E-state index contributed by atoms with van der Waals surface area (Å²) in [6.07, 6.45) is 2.92. The van der Waals surface area contributed by atoms with E-state index in [0.717, 1.165) is 32.0 Å². The first-order valence-corrected chi connectivity index (χ1v) is 12.8. The summed E-state index contributed by atoms with van der Waals surface area (Å²) in [5.74, 6) is -4.05. The summed E-state index contributed by atoms with van der Waals surface area (Å²) < 4.78 is 29.9. The van der Waals surface area contributed by atoms with Crippen molar-refractivity contribution in [1.82, 2.24) is 20.6 Å². The minimum absolute atomic E-state index is 0.288. The Morgan fingerprint density at radius 1 is 1.14 bits per heavy atom. The van der Waals surface area contributed by atoms with Gasteiger partial charge in [-0.2, -0.15) is 5.26 Å². The lowest BCUT2D eigenvalue weighted by atomic mass is 9.72. The average molecular weight is 502 g/mol. The topological polar surface area (TPSA) is 97.7 Å². The Kier molecular flexibility index (Phi) is 6.64. The summed E-state index contributed by atoms with van der Waals surface area (Å²) in [5, 5.41) is 15.7. The fourth-order valence-corrected chi connectivity index (χ4v) is 5.35. The van der Waals surface area contributed by atoms with Crippen molar-refractivity contribution in [2.45, 2.75) is 74.9 Å². The first kappa shape index (κ1) is 24.9. The molecule has 4 fully saturated rings. The Balaban J connectivity index is 1.16. The highest BCUT2D eigenvalue weighted by Crippen LogP contribution is 2.45. The number of carbonyl (C=O) groups excluding carboxylic acids is 2. The SMILES string of the molecule is N#CC1(NC(=O)[C@H](CC(F)(F)Cc2ccccc2)NC(=O)ON2CCC3(CC2)CN(C2CC2)C3)CC1. The number of halogens is 2. The molecule has 0 unspecified atom stereocenters. The quantitative estimate of drug-likeness (QED) is 0.540. The van der Waals surface area contributed by atoms with Crippen LogP contribution in [0.5, 0.6) is 0 Å². The van der Waals surface area contributed by atoms with Crippen LogP contribution in [-0.2, 0) is 16.1 Å². The molecule has 1 atom stereocenters. The van der Waals surface area contributed by atoms with Crippen molar-refractivity contribution in [2.75, 3.05) is 26.2 Å². The second kappa shape index (κ2) is 9.60. The van der Waals surface area contributed by atoms with Crippen LogP contribution in [0.3, 0.4) is 0 Å². The van der Waals surface area contributed by atoms with Crippen LogP contribution in [0, 0.1) is 16.7 Å². The van der Waals surface area contributed by atoms with E-state index in [2.05, 4.69) is 15.5 Å². The van der Waals surface area contributed by atoms with Crippen molar-refractivity contribution < 1.29 is 23.2 Å². The zero-order valence-electron chi connectivity index (χ0n) is 20.3. The number of nitrogens with one attached hydrogen (secondary N) is 2. The summed E-state index contributed by atoms with van der Waals surface area (Å²) in [5.41, 5.74) is -0.316. The summed E-state index contributed by atoms with van der Waals surface area (Å²) >= 11 is 0. The third kappa shape index (κ3) is 5.95. The Morgan fingerprint density at radius 2 is 1.81 bits per heavy atom. The van der Waals surface area contributed by atoms with E-state index in [4.69, 9.17) is 4.84 Å². The third-order valence-electron chi connectivity index (χ3n) is 7.88. The monoisotopic (exact) mass is 501 g/mol. The lowest BCUT2D eigenvalue weighted by Gasteiger charge is -2.54. The molecule has 2 N–H and O–H groups in total. The average Bonchev–Trinajstić information content (AvgIpc) is 3.74. The van der Waals surface area contributed by atoms with Crippen LogP contribution < -0.4 is 10.6 Å². The zero-order chi connectivity index (χ0) is 25.4. The second-order valence-electron chi connectivity index (χ2n) is 11.0. The van der Waals surface area contributed by atoms with Gasteiger partial charge in [0, 0.05) is 45.1 Å².